The summed E-state index contributed by atoms with van der Waals surface area (Å²) in [4.78, 5) is 17.0. The number of nitrogens with one attached hydrogen (secondary N) is 3. The number of pyridine rings is 1. The van der Waals surface area contributed by atoms with Crippen LogP contribution in [0.5, 0.6) is 0 Å². The molecule has 28 heavy (non-hydrogen) atoms. The van der Waals surface area contributed by atoms with Gasteiger partial charge in [-0.3, -0.25) is 4.79 Å². The molecule has 0 saturated heterocycles. The second-order valence-electron chi connectivity index (χ2n) is 5.93. The van der Waals surface area contributed by atoms with Crippen LogP contribution < -0.4 is 10.6 Å². The molecule has 0 fully saturated rings. The third kappa shape index (κ3) is 4.70. The Morgan fingerprint density at radius 3 is 2.25 bits per heavy atom. The van der Waals surface area contributed by atoms with Crippen LogP contribution >= 0.6 is 39.1 Å². The van der Waals surface area contributed by atoms with E-state index in [1.165, 1.54) is 6.20 Å². The van der Waals surface area contributed by atoms with Crippen LogP contribution in [-0.4, -0.2) is 16.6 Å². The van der Waals surface area contributed by atoms with Gasteiger partial charge in [0.15, 0.2) is 0 Å². The van der Waals surface area contributed by atoms with E-state index >= 15 is 0 Å². The van der Waals surface area contributed by atoms with Crippen molar-refractivity contribution in [3.63, 3.8) is 0 Å². The predicted molar refractivity (Wildman–Crippen MR) is 119 cm³/mol. The molecule has 3 N–H and O–H groups in total. The van der Waals surface area contributed by atoms with Gasteiger partial charge in [0, 0.05) is 32.8 Å². The summed E-state index contributed by atoms with van der Waals surface area (Å²) >= 11 is 15.7. The van der Waals surface area contributed by atoms with Gasteiger partial charge in [-0.25, -0.2) is 4.98 Å². The number of rotatable bonds is 5. The van der Waals surface area contributed by atoms with Crippen molar-refractivity contribution in [3.8, 4) is 0 Å². The normalized spacial score (nSPS) is 10.4. The van der Waals surface area contributed by atoms with Crippen molar-refractivity contribution in [2.24, 2.45) is 0 Å². The highest BCUT2D eigenvalue weighted by Gasteiger charge is 2.20. The first-order chi connectivity index (χ1) is 13.3. The molecule has 3 aromatic rings. The second-order valence-corrected chi connectivity index (χ2v) is 7.66. The summed E-state index contributed by atoms with van der Waals surface area (Å²) < 4.78 is 0.946. The van der Waals surface area contributed by atoms with E-state index in [1.54, 1.807) is 31.2 Å². The Labute approximate surface area is 180 Å². The number of hydrogen-bond donors (Lipinski definition) is 3. The van der Waals surface area contributed by atoms with Crippen molar-refractivity contribution < 1.29 is 4.79 Å². The SMILES string of the molecule is CC(=N)c1c(Nc2ccc(Br)cc2)ncc(C(=O)Nc2ccc(Cl)cc2)c1Cl. The molecule has 8 heteroatoms. The van der Waals surface area contributed by atoms with E-state index in [-0.39, 0.29) is 16.3 Å². The molecule has 3 rings (SSSR count). The van der Waals surface area contributed by atoms with Crippen LogP contribution in [0.1, 0.15) is 22.8 Å². The fourth-order valence-corrected chi connectivity index (χ4v) is 3.24. The molecule has 1 aromatic heterocycles. The average Bonchev–Trinajstić information content (AvgIpc) is 2.65. The fraction of sp³-hybridized carbons (Fsp3) is 0.0500. The van der Waals surface area contributed by atoms with Gasteiger partial charge in [-0.2, -0.15) is 0 Å². The first kappa shape index (κ1) is 20.3. The van der Waals surface area contributed by atoms with Crippen LogP contribution in [0.2, 0.25) is 10.0 Å². The molecule has 142 valence electrons. The summed E-state index contributed by atoms with van der Waals surface area (Å²) in [5.41, 5.74) is 2.11. The van der Waals surface area contributed by atoms with Crippen LogP contribution in [-0.2, 0) is 0 Å². The van der Waals surface area contributed by atoms with Crippen LogP contribution in [0.15, 0.2) is 59.2 Å². The Morgan fingerprint density at radius 1 is 1.04 bits per heavy atom. The minimum Gasteiger partial charge on any atom is -0.340 e. The minimum atomic E-state index is -0.419. The Hall–Kier alpha value is -2.41. The van der Waals surface area contributed by atoms with E-state index < -0.39 is 5.91 Å². The van der Waals surface area contributed by atoms with E-state index in [4.69, 9.17) is 28.6 Å². The van der Waals surface area contributed by atoms with E-state index in [2.05, 4.69) is 31.5 Å². The van der Waals surface area contributed by atoms with Gasteiger partial charge in [0.1, 0.15) is 5.82 Å². The number of hydrogen-bond acceptors (Lipinski definition) is 4. The molecule has 0 saturated carbocycles. The second kappa shape index (κ2) is 8.73. The van der Waals surface area contributed by atoms with Gasteiger partial charge in [0.05, 0.1) is 16.1 Å². The molecule has 0 bridgehead atoms. The van der Waals surface area contributed by atoms with Crippen molar-refractivity contribution in [3.05, 3.63) is 80.4 Å². The van der Waals surface area contributed by atoms with Gasteiger partial charge in [-0.15, -0.1) is 0 Å². The smallest absolute Gasteiger partial charge is 0.258 e. The van der Waals surface area contributed by atoms with Gasteiger partial charge < -0.3 is 16.0 Å². The lowest BCUT2D eigenvalue weighted by molar-refractivity contribution is 0.102. The van der Waals surface area contributed by atoms with Crippen molar-refractivity contribution in [2.45, 2.75) is 6.92 Å². The molecule has 0 aliphatic carbocycles. The van der Waals surface area contributed by atoms with E-state index in [1.807, 2.05) is 24.3 Å². The first-order valence-electron chi connectivity index (χ1n) is 8.18. The first-order valence-corrected chi connectivity index (χ1v) is 9.73. The van der Waals surface area contributed by atoms with Crippen molar-refractivity contribution in [1.82, 2.24) is 4.98 Å². The third-order valence-electron chi connectivity index (χ3n) is 3.84. The zero-order chi connectivity index (χ0) is 20.3. The Bertz CT molecular complexity index is 1040. The van der Waals surface area contributed by atoms with Crippen molar-refractivity contribution in [2.75, 3.05) is 10.6 Å². The molecule has 1 heterocycles. The largest absolute Gasteiger partial charge is 0.340 e. The van der Waals surface area contributed by atoms with Crippen LogP contribution in [0.3, 0.4) is 0 Å². The third-order valence-corrected chi connectivity index (χ3v) is 5.02. The van der Waals surface area contributed by atoms with Gasteiger partial charge in [0.2, 0.25) is 0 Å². The summed E-state index contributed by atoms with van der Waals surface area (Å²) in [6, 6.07) is 14.2. The van der Waals surface area contributed by atoms with Crippen molar-refractivity contribution >= 4 is 67.9 Å². The monoisotopic (exact) mass is 476 g/mol. The molecule has 0 aliphatic rings. The summed E-state index contributed by atoms with van der Waals surface area (Å²) in [5.74, 6) is -0.0135. The summed E-state index contributed by atoms with van der Waals surface area (Å²) in [6.07, 6.45) is 1.39. The number of amides is 1. The van der Waals surface area contributed by atoms with Crippen LogP contribution in [0.4, 0.5) is 17.2 Å². The maximum atomic E-state index is 12.6. The van der Waals surface area contributed by atoms with Gasteiger partial charge in [-0.1, -0.05) is 39.1 Å². The average molecular weight is 478 g/mol. The molecule has 0 aliphatic heterocycles. The maximum absolute atomic E-state index is 12.6. The van der Waals surface area contributed by atoms with Gasteiger partial charge in [0.25, 0.3) is 5.91 Å². The zero-order valence-corrected chi connectivity index (χ0v) is 17.8. The number of nitrogens with zero attached hydrogens (tertiary/aromatic N) is 1. The minimum absolute atomic E-state index is 0.161. The number of carbonyl (C=O) groups is 1. The number of anilines is 3. The lowest BCUT2D eigenvalue weighted by atomic mass is 10.1. The quantitative estimate of drug-likeness (QED) is 0.365. The van der Waals surface area contributed by atoms with Gasteiger partial charge in [-0.05, 0) is 55.5 Å². The Kier molecular flexibility index (Phi) is 6.34. The number of aromatic nitrogens is 1. The molecule has 0 spiro atoms. The summed E-state index contributed by atoms with van der Waals surface area (Å²) in [6.45, 7) is 1.59. The highest BCUT2D eigenvalue weighted by atomic mass is 79.9. The standard InChI is InChI=1S/C20H15BrCl2N4O/c1-11(24)17-18(23)16(20(28)27-15-8-4-13(22)5-9-15)10-25-19(17)26-14-6-2-12(21)3-7-14/h2-10,24H,1H3,(H,25,26)(H,27,28). The van der Waals surface area contributed by atoms with E-state index in [9.17, 15) is 4.79 Å². The molecule has 5 nitrogen and oxygen atoms in total. The highest BCUT2D eigenvalue weighted by Crippen LogP contribution is 2.30. The summed E-state index contributed by atoms with van der Waals surface area (Å²) in [7, 11) is 0. The number of halogens is 3. The maximum Gasteiger partial charge on any atom is 0.258 e. The number of carbonyl (C=O) groups excluding carboxylic acids is 1. The Balaban J connectivity index is 1.92. The van der Waals surface area contributed by atoms with E-state index in [0.717, 1.165) is 10.2 Å². The zero-order valence-electron chi connectivity index (χ0n) is 14.7. The van der Waals surface area contributed by atoms with Gasteiger partial charge >= 0.3 is 0 Å². The predicted octanol–water partition coefficient (Wildman–Crippen LogP) is 6.53. The molecule has 1 amide bonds. The van der Waals surface area contributed by atoms with Crippen molar-refractivity contribution in [1.29, 1.82) is 5.41 Å². The molecule has 0 radical (unpaired) electrons. The fourth-order valence-electron chi connectivity index (χ4n) is 2.49. The topological polar surface area (TPSA) is 77.9 Å². The van der Waals surface area contributed by atoms with E-state index in [0.29, 0.717) is 22.1 Å². The molecule has 0 unspecified atom stereocenters. The van der Waals surface area contributed by atoms with Crippen LogP contribution in [0.25, 0.3) is 0 Å². The molecule has 0 atom stereocenters. The molecule has 2 aromatic carbocycles. The molecular formula is C20H15BrCl2N4O. The van der Waals surface area contributed by atoms with Crippen LogP contribution in [0, 0.1) is 5.41 Å². The summed E-state index contributed by atoms with van der Waals surface area (Å²) in [5, 5.41) is 14.7. The number of benzene rings is 2. The highest BCUT2D eigenvalue weighted by molar-refractivity contribution is 9.10. The molecular weight excluding hydrogens is 463 g/mol. The lowest BCUT2D eigenvalue weighted by Gasteiger charge is -2.15. The Morgan fingerprint density at radius 2 is 1.64 bits per heavy atom. The lowest BCUT2D eigenvalue weighted by Crippen LogP contribution is -2.15.